The summed E-state index contributed by atoms with van der Waals surface area (Å²) in [5, 5.41) is 7.32. The van der Waals surface area contributed by atoms with Crippen LogP contribution in [0.5, 0.6) is 0 Å². The number of ether oxygens (including phenoxy) is 3. The molecule has 0 aliphatic heterocycles. The summed E-state index contributed by atoms with van der Waals surface area (Å²) in [4.78, 5) is 51.5. The first-order valence-electron chi connectivity index (χ1n) is 24.9. The van der Waals surface area contributed by atoms with Crippen molar-refractivity contribution in [2.24, 2.45) is 0 Å². The summed E-state index contributed by atoms with van der Waals surface area (Å²) in [6.45, 7) is 20.4. The van der Waals surface area contributed by atoms with Gasteiger partial charge in [0.15, 0.2) is 0 Å². The molecular weight excluding hydrogens is 1110 g/mol. The third-order valence-corrected chi connectivity index (χ3v) is 12.2. The molecule has 5 aromatic heterocycles. The monoisotopic (exact) mass is 1170 g/mol. The smallest absolute Gasteiger partial charge is 0.573 e. The third-order valence-electron chi connectivity index (χ3n) is 12.2. The van der Waals surface area contributed by atoms with Crippen molar-refractivity contribution in [2.75, 3.05) is 4.90 Å². The van der Waals surface area contributed by atoms with Crippen molar-refractivity contribution in [2.45, 2.75) is 84.7 Å². The number of nitrogens with zero attached hydrogens (tertiary/aromatic N) is 7. The molecule has 80 heavy (non-hydrogen) atoms. The Labute approximate surface area is 476 Å². The number of hydrogen-bond donors (Lipinski definition) is 0. The third kappa shape index (κ3) is 16.2. The van der Waals surface area contributed by atoms with Crippen molar-refractivity contribution < 1.29 is 61.2 Å². The van der Waals surface area contributed by atoms with Crippen LogP contribution in [0.25, 0.3) is 63.6 Å². The Morgan fingerprint density at radius 3 is 1.32 bits per heavy atom. The van der Waals surface area contributed by atoms with Gasteiger partial charge in [-0.15, -0.1) is 35.4 Å². The molecule has 0 radical (unpaired) electrons. The number of benzene rings is 3. The van der Waals surface area contributed by atoms with Crippen molar-refractivity contribution >= 4 is 54.7 Å². The summed E-state index contributed by atoms with van der Waals surface area (Å²) in [5.74, 6) is 0. The van der Waals surface area contributed by atoms with Gasteiger partial charge in [-0.25, -0.2) is 4.98 Å². The number of halogens is 3. The van der Waals surface area contributed by atoms with E-state index in [0.29, 0.717) is 53.4 Å². The second-order valence-corrected chi connectivity index (χ2v) is 21.1. The van der Waals surface area contributed by atoms with E-state index in [0.717, 1.165) is 45.4 Å². The molecule has 0 saturated heterocycles. The van der Waals surface area contributed by atoms with Gasteiger partial charge in [-0.3, -0.25) is 29.3 Å². The van der Waals surface area contributed by atoms with E-state index in [4.69, 9.17) is 4.98 Å². The molecule has 0 spiro atoms. The molecule has 0 unspecified atom stereocenters. The van der Waals surface area contributed by atoms with E-state index in [1.54, 1.807) is 73.1 Å². The fourth-order valence-electron chi connectivity index (χ4n) is 7.93. The minimum absolute atomic E-state index is 0. The Kier molecular flexibility index (Phi) is 19.9. The molecule has 5 heterocycles. The van der Waals surface area contributed by atoms with E-state index >= 15 is 0 Å². The minimum atomic E-state index is -4.61. The fraction of sp³-hybridized carbons (Fsp3) is 0.206. The Hall–Kier alpha value is -8.69. The van der Waals surface area contributed by atoms with Crippen LogP contribution in [-0.4, -0.2) is 44.5 Å². The molecule has 0 aliphatic rings. The van der Waals surface area contributed by atoms with Gasteiger partial charge in [0.2, 0.25) is 0 Å². The van der Waals surface area contributed by atoms with Crippen LogP contribution in [-0.2, 0) is 70.5 Å². The minimum Gasteiger partial charge on any atom is -0.573 e. The fourth-order valence-corrected chi connectivity index (χ4v) is 7.93. The molecule has 0 fully saturated rings. The van der Waals surface area contributed by atoms with E-state index < -0.39 is 11.9 Å². The zero-order valence-electron chi connectivity index (χ0n) is 45.5. The summed E-state index contributed by atoms with van der Waals surface area (Å²) in [7, 11) is 0. The van der Waals surface area contributed by atoms with E-state index in [1.807, 2.05) is 24.3 Å². The second-order valence-electron chi connectivity index (χ2n) is 21.1. The molecule has 0 bridgehead atoms. The molecule has 0 amide bonds. The predicted octanol–water partition coefficient (Wildman–Crippen LogP) is 14.6. The van der Waals surface area contributed by atoms with Gasteiger partial charge in [0.1, 0.15) is 5.69 Å². The van der Waals surface area contributed by atoms with Gasteiger partial charge in [-0.1, -0.05) is 98.3 Å². The summed E-state index contributed by atoms with van der Waals surface area (Å²) < 4.78 is 54.5. The standard InChI is InChI=1S/C39H41F3N4.C24H17N3O6.Ru/c1-36(2,3)26-12-10-25(11-13-26)32-22-31(23-33(43-32)34-24-35(45-44-34)39(40,41)42)46(29-18-14-27(15-19-29)37(4,5)6)30-20-16-28(17-21-30)38(7,8)9;28-15-31-8-3-18-1-6-25-21(11-18)23-13-20(5-10-33-17-30)14-24(27-23)22-12-19(2-7-26-22)4-9-32-16-29;/h10,12-24H,1-9H3;1-17H;/q-2;;+2/b;8-3+,9-4+,10-5+;. The van der Waals surface area contributed by atoms with E-state index in [2.05, 4.69) is 161 Å². The summed E-state index contributed by atoms with van der Waals surface area (Å²) in [6, 6.07) is 41.3. The van der Waals surface area contributed by atoms with Crippen LogP contribution >= 0.6 is 0 Å². The maximum Gasteiger partial charge on any atom is 2.00 e. The Bertz CT molecular complexity index is 3350. The average Bonchev–Trinajstić information content (AvgIpc) is 4.02. The first-order valence-corrected chi connectivity index (χ1v) is 24.9. The molecule has 0 atom stereocenters. The maximum atomic E-state index is 13.5. The number of carbonyl (C=O) groups is 3. The Balaban J connectivity index is 0.000000269. The molecular formula is C63H58F3N7O6Ru. The van der Waals surface area contributed by atoms with Crippen LogP contribution in [0.1, 0.15) is 101 Å². The van der Waals surface area contributed by atoms with Crippen LogP contribution in [0.2, 0.25) is 0 Å². The average molecular weight is 1170 g/mol. The molecule has 0 aliphatic carbocycles. The van der Waals surface area contributed by atoms with Crippen molar-refractivity contribution in [3.05, 3.63) is 198 Å². The second kappa shape index (κ2) is 26.3. The number of hydrogen-bond acceptors (Lipinski definition) is 12. The number of aromatic nitrogens is 6. The van der Waals surface area contributed by atoms with Gasteiger partial charge in [-0.05, 0) is 141 Å². The number of anilines is 3. The molecule has 3 aromatic carbocycles. The van der Waals surface area contributed by atoms with Gasteiger partial charge in [0.25, 0.3) is 19.4 Å². The van der Waals surface area contributed by atoms with E-state index in [1.165, 1.54) is 29.9 Å². The Morgan fingerprint density at radius 2 is 0.912 bits per heavy atom. The first kappa shape index (κ1) is 60.5. The van der Waals surface area contributed by atoms with Gasteiger partial charge < -0.3 is 29.3 Å². The molecule has 17 heteroatoms. The van der Waals surface area contributed by atoms with Crippen LogP contribution in [0.4, 0.5) is 30.2 Å². The predicted molar refractivity (Wildman–Crippen MR) is 300 cm³/mol. The molecule has 0 N–H and O–H groups in total. The largest absolute Gasteiger partial charge is 2.00 e. The molecule has 8 aromatic rings. The van der Waals surface area contributed by atoms with Crippen molar-refractivity contribution in [3.8, 4) is 45.4 Å². The summed E-state index contributed by atoms with van der Waals surface area (Å²) in [5.41, 5.74) is 10.8. The van der Waals surface area contributed by atoms with Crippen LogP contribution < -0.4 is 10.00 Å². The quantitative estimate of drug-likeness (QED) is 0.0296. The number of carbonyl (C=O) groups excluding carboxylic acids is 3. The van der Waals surface area contributed by atoms with Crippen LogP contribution in [0, 0.1) is 6.07 Å². The Morgan fingerprint density at radius 1 is 0.487 bits per heavy atom. The zero-order valence-corrected chi connectivity index (χ0v) is 47.2. The van der Waals surface area contributed by atoms with Gasteiger partial charge in [0.05, 0.1) is 41.6 Å². The SMILES string of the molecule is CC(C)(C)c1c[c-]c(-c2cc(N(c3ccc(C(C)(C)C)cc3)c3ccc(C(C)(C)C)cc3)cc(-c3cc(C(F)(F)F)n[n-]3)n2)cc1.O=CO/C=C/c1ccnc(-c2cc(/C=C/OC=O)cc(-c3cc(/C=C/OC=O)ccn3)n2)c1.[Ru+2]. The zero-order chi connectivity index (χ0) is 57.0. The number of alkyl halides is 3. The molecule has 0 saturated carbocycles. The van der Waals surface area contributed by atoms with Gasteiger partial charge >= 0.3 is 25.7 Å². The number of pyridine rings is 4. The van der Waals surface area contributed by atoms with Gasteiger partial charge in [-0.2, -0.15) is 13.2 Å². The maximum absolute atomic E-state index is 13.5. The molecule has 410 valence electrons. The molecule has 13 nitrogen and oxygen atoms in total. The van der Waals surface area contributed by atoms with E-state index in [-0.39, 0.29) is 47.1 Å². The van der Waals surface area contributed by atoms with Crippen molar-refractivity contribution in [3.63, 3.8) is 0 Å². The van der Waals surface area contributed by atoms with Crippen LogP contribution in [0.15, 0.2) is 153 Å². The van der Waals surface area contributed by atoms with Crippen molar-refractivity contribution in [1.29, 1.82) is 0 Å². The first-order chi connectivity index (χ1) is 37.5. The van der Waals surface area contributed by atoms with Crippen LogP contribution in [0.3, 0.4) is 0 Å². The molecule has 8 rings (SSSR count). The normalized spacial score (nSPS) is 11.9. The summed E-state index contributed by atoms with van der Waals surface area (Å²) in [6.07, 6.45) is 7.20. The van der Waals surface area contributed by atoms with Crippen molar-refractivity contribution in [1.82, 2.24) is 30.1 Å². The number of rotatable bonds is 16. The van der Waals surface area contributed by atoms with E-state index in [9.17, 15) is 27.6 Å². The van der Waals surface area contributed by atoms with Gasteiger partial charge in [0, 0.05) is 35.1 Å². The summed E-state index contributed by atoms with van der Waals surface area (Å²) >= 11 is 0. The topological polar surface area (TPSA) is 161 Å².